The molecule has 1 aromatic heterocycles. The maximum Gasteiger partial charge on any atom is 0.344 e. The summed E-state index contributed by atoms with van der Waals surface area (Å²) in [6.07, 6.45) is 0. The molecule has 3 unspecified atom stereocenters. The Morgan fingerprint density at radius 1 is 1.06 bits per heavy atom. The fourth-order valence-corrected chi connectivity index (χ4v) is 6.87. The molecule has 1 fully saturated rings. The number of aromatic nitrogens is 1. The first-order valence-corrected chi connectivity index (χ1v) is 12.4. The first kappa shape index (κ1) is 22.4. The normalized spacial score (nSPS) is 21.2. The number of fused-ring (bicyclic) bond motifs is 2. The number of thioether (sulfide) groups is 1. The van der Waals surface area contributed by atoms with Crippen LogP contribution in [0.4, 0.5) is 5.69 Å². The highest BCUT2D eigenvalue weighted by Crippen LogP contribution is 2.53. The molecule has 0 spiro atoms. The van der Waals surface area contributed by atoms with Crippen molar-refractivity contribution in [2.75, 3.05) is 18.1 Å². The minimum Gasteiger partial charge on any atom is -0.482 e. The Hall–Kier alpha value is -3.37. The third kappa shape index (κ3) is 3.92. The highest BCUT2D eigenvalue weighted by Gasteiger charge is 2.56. The molecule has 0 bridgehead atoms. The average molecular weight is 497 g/mol. The van der Waals surface area contributed by atoms with Crippen LogP contribution in [0.15, 0.2) is 64.4 Å². The number of thiazole rings is 1. The number of rotatable bonds is 6. The van der Waals surface area contributed by atoms with Gasteiger partial charge in [0.25, 0.3) is 0 Å². The Bertz CT molecular complexity index is 1320. The summed E-state index contributed by atoms with van der Waals surface area (Å²) in [4.78, 5) is 55.4. The molecule has 2 aliphatic heterocycles. The van der Waals surface area contributed by atoms with Crippen molar-refractivity contribution in [2.24, 2.45) is 5.92 Å². The van der Waals surface area contributed by atoms with Crippen LogP contribution in [-0.2, 0) is 19.1 Å². The summed E-state index contributed by atoms with van der Waals surface area (Å²) >= 11 is 2.28. The van der Waals surface area contributed by atoms with Crippen molar-refractivity contribution in [3.8, 4) is 5.75 Å². The highest BCUT2D eigenvalue weighted by molar-refractivity contribution is 8.00. The number of H-pyrrole nitrogens is 1. The summed E-state index contributed by atoms with van der Waals surface area (Å²) in [5.74, 6) is -1.85. The Balaban J connectivity index is 1.54. The molecule has 2 aliphatic rings. The van der Waals surface area contributed by atoms with Crippen molar-refractivity contribution in [3.05, 3.63) is 74.7 Å². The molecule has 2 aromatic carbocycles. The summed E-state index contributed by atoms with van der Waals surface area (Å²) in [6.45, 7) is 1.73. The molecule has 2 amide bonds. The molecule has 8 nitrogen and oxygen atoms in total. The van der Waals surface area contributed by atoms with Crippen LogP contribution in [0.3, 0.4) is 0 Å². The van der Waals surface area contributed by atoms with Crippen LogP contribution >= 0.6 is 23.1 Å². The van der Waals surface area contributed by atoms with Gasteiger partial charge in [-0.2, -0.15) is 0 Å². The van der Waals surface area contributed by atoms with Crippen molar-refractivity contribution in [1.29, 1.82) is 0 Å². The maximum atomic E-state index is 13.6. The van der Waals surface area contributed by atoms with Gasteiger partial charge in [-0.3, -0.25) is 14.4 Å². The van der Waals surface area contributed by atoms with E-state index >= 15 is 0 Å². The number of carbonyl (C=O) groups excluding carboxylic acids is 3. The lowest BCUT2D eigenvalue weighted by atomic mass is 9.83. The number of amides is 2. The number of para-hydroxylation sites is 1. The molecule has 10 heteroatoms. The van der Waals surface area contributed by atoms with Crippen LogP contribution in [-0.4, -0.2) is 41.2 Å². The number of imide groups is 1. The van der Waals surface area contributed by atoms with Gasteiger partial charge in [0.05, 0.1) is 23.2 Å². The molecule has 3 heterocycles. The van der Waals surface area contributed by atoms with Gasteiger partial charge >= 0.3 is 10.8 Å². The average Bonchev–Trinajstić information content (AvgIpc) is 3.33. The van der Waals surface area contributed by atoms with E-state index in [2.05, 4.69) is 4.98 Å². The largest absolute Gasteiger partial charge is 0.482 e. The van der Waals surface area contributed by atoms with Crippen LogP contribution in [0.1, 0.15) is 23.3 Å². The van der Waals surface area contributed by atoms with E-state index < -0.39 is 23.1 Å². The van der Waals surface area contributed by atoms with E-state index in [1.54, 1.807) is 49.4 Å². The number of esters is 1. The number of hydrogen-bond donors (Lipinski definition) is 1. The van der Waals surface area contributed by atoms with E-state index in [1.807, 2.05) is 12.1 Å². The number of aromatic amines is 1. The van der Waals surface area contributed by atoms with Gasteiger partial charge in [-0.1, -0.05) is 53.4 Å². The molecule has 0 saturated carbocycles. The molecule has 5 rings (SSSR count). The summed E-state index contributed by atoms with van der Waals surface area (Å²) < 4.78 is 10.5. The fourth-order valence-electron chi connectivity index (χ4n) is 4.35. The van der Waals surface area contributed by atoms with Gasteiger partial charge in [-0.05, 0) is 36.8 Å². The first-order chi connectivity index (χ1) is 16.5. The predicted octanol–water partition coefficient (Wildman–Crippen LogP) is 3.17. The molecule has 3 aromatic rings. The Labute approximate surface area is 202 Å². The van der Waals surface area contributed by atoms with E-state index in [0.29, 0.717) is 16.5 Å². The van der Waals surface area contributed by atoms with Gasteiger partial charge in [0.1, 0.15) is 11.0 Å². The number of nitrogens with one attached hydrogen (secondary N) is 1. The molecular weight excluding hydrogens is 476 g/mol. The van der Waals surface area contributed by atoms with E-state index in [9.17, 15) is 19.2 Å². The topological polar surface area (TPSA) is 106 Å². The molecule has 174 valence electrons. The summed E-state index contributed by atoms with van der Waals surface area (Å²) in [5, 5.41) is -0.0604. The number of ether oxygens (including phenoxy) is 2. The molecule has 1 saturated heterocycles. The van der Waals surface area contributed by atoms with Crippen molar-refractivity contribution in [3.63, 3.8) is 0 Å². The van der Waals surface area contributed by atoms with E-state index in [4.69, 9.17) is 9.47 Å². The van der Waals surface area contributed by atoms with E-state index in [-0.39, 0.29) is 29.9 Å². The van der Waals surface area contributed by atoms with Crippen LogP contribution in [0, 0.1) is 5.92 Å². The molecular formula is C24H20N2O6S2. The number of nitrogens with zero attached hydrogens (tertiary/aromatic N) is 1. The third-order valence-electron chi connectivity index (χ3n) is 5.72. The van der Waals surface area contributed by atoms with Gasteiger partial charge in [0.2, 0.25) is 11.8 Å². The van der Waals surface area contributed by atoms with Crippen molar-refractivity contribution < 1.29 is 23.9 Å². The van der Waals surface area contributed by atoms with Gasteiger partial charge < -0.3 is 14.5 Å². The van der Waals surface area contributed by atoms with Crippen LogP contribution in [0.25, 0.3) is 0 Å². The van der Waals surface area contributed by atoms with Gasteiger partial charge in [-0.25, -0.2) is 9.69 Å². The molecule has 0 aliphatic carbocycles. The summed E-state index contributed by atoms with van der Waals surface area (Å²) in [5.41, 5.74) is 1.25. The minimum absolute atomic E-state index is 0.239. The SMILES string of the molecule is CCOC(=O)COc1cccc(C2c3sc(=O)[nH]c3SC3C(=O)N(c4ccccc4)C(=O)C32)c1. The number of hydrogen-bond acceptors (Lipinski definition) is 8. The number of anilines is 1. The zero-order chi connectivity index (χ0) is 23.8. The lowest BCUT2D eigenvalue weighted by Crippen LogP contribution is -2.32. The van der Waals surface area contributed by atoms with Crippen LogP contribution in [0.2, 0.25) is 0 Å². The van der Waals surface area contributed by atoms with Crippen LogP contribution < -0.4 is 14.5 Å². The zero-order valence-electron chi connectivity index (χ0n) is 18.1. The molecule has 1 N–H and O–H groups in total. The van der Waals surface area contributed by atoms with Crippen LogP contribution in [0.5, 0.6) is 5.75 Å². The summed E-state index contributed by atoms with van der Waals surface area (Å²) in [6, 6.07) is 15.9. The Morgan fingerprint density at radius 3 is 2.62 bits per heavy atom. The van der Waals surface area contributed by atoms with Gasteiger partial charge in [-0.15, -0.1) is 0 Å². The fraction of sp³-hybridized carbons (Fsp3) is 0.250. The summed E-state index contributed by atoms with van der Waals surface area (Å²) in [7, 11) is 0. The van der Waals surface area contributed by atoms with Crippen molar-refractivity contribution >= 4 is 46.6 Å². The monoisotopic (exact) mass is 496 g/mol. The standard InChI is InChI=1S/C24H20N2O6S2/c1-2-31-16(27)12-32-15-10-6-7-13(11-15)17-18-20(33-21-19(17)34-24(30)25-21)23(29)26(22(18)28)14-8-4-3-5-9-14/h3-11,17-18,20H,2,12H2,1H3,(H,25,30). The zero-order valence-corrected chi connectivity index (χ0v) is 19.7. The second-order valence-electron chi connectivity index (χ2n) is 7.76. The molecule has 3 atom stereocenters. The highest BCUT2D eigenvalue weighted by atomic mass is 32.2. The van der Waals surface area contributed by atoms with E-state index in [0.717, 1.165) is 21.8 Å². The first-order valence-electron chi connectivity index (χ1n) is 10.7. The number of carbonyl (C=O) groups is 3. The quantitative estimate of drug-likeness (QED) is 0.413. The van der Waals surface area contributed by atoms with Gasteiger partial charge in [0.15, 0.2) is 6.61 Å². The van der Waals surface area contributed by atoms with Crippen molar-refractivity contribution in [2.45, 2.75) is 23.1 Å². The second kappa shape index (κ2) is 9.11. The van der Waals surface area contributed by atoms with Crippen molar-refractivity contribution in [1.82, 2.24) is 4.98 Å². The Kier molecular flexibility index (Phi) is 6.01. The predicted molar refractivity (Wildman–Crippen MR) is 127 cm³/mol. The lowest BCUT2D eigenvalue weighted by molar-refractivity contribution is -0.145. The molecule has 34 heavy (non-hydrogen) atoms. The lowest BCUT2D eigenvalue weighted by Gasteiger charge is -2.30. The smallest absolute Gasteiger partial charge is 0.344 e. The Morgan fingerprint density at radius 2 is 1.85 bits per heavy atom. The van der Waals surface area contributed by atoms with Gasteiger partial charge in [0, 0.05) is 10.8 Å². The number of benzene rings is 2. The third-order valence-corrected chi connectivity index (χ3v) is 8.12. The minimum atomic E-state index is -0.683. The molecule has 0 radical (unpaired) electrons. The van der Waals surface area contributed by atoms with E-state index in [1.165, 1.54) is 16.7 Å². The maximum absolute atomic E-state index is 13.6. The second-order valence-corrected chi connectivity index (χ2v) is 9.93.